The molecule has 0 amide bonds. The molecule has 1 N–H and O–H groups in total. The second-order valence-corrected chi connectivity index (χ2v) is 4.96. The topological polar surface area (TPSA) is 90.5 Å². The summed E-state index contributed by atoms with van der Waals surface area (Å²) in [7, 11) is 1.77. The Hall–Kier alpha value is -2.09. The number of hydrogen-bond acceptors (Lipinski definition) is 6. The quantitative estimate of drug-likeness (QED) is 0.774. The first-order chi connectivity index (χ1) is 9.74. The van der Waals surface area contributed by atoms with Gasteiger partial charge in [0.15, 0.2) is 5.78 Å². The Morgan fingerprint density at radius 3 is 2.95 bits per heavy atom. The Balaban J connectivity index is 1.69. The van der Waals surface area contributed by atoms with Crippen molar-refractivity contribution in [2.75, 3.05) is 13.1 Å². The number of nitrogens with one attached hydrogen (secondary N) is 1. The highest BCUT2D eigenvalue weighted by Crippen LogP contribution is 2.17. The van der Waals surface area contributed by atoms with Crippen molar-refractivity contribution in [3.8, 4) is 0 Å². The number of aryl methyl sites for hydroxylation is 1. The van der Waals surface area contributed by atoms with Gasteiger partial charge in [-0.15, -0.1) is 5.10 Å². The molecule has 1 saturated heterocycles. The molecule has 0 atom stereocenters. The van der Waals surface area contributed by atoms with Crippen molar-refractivity contribution >= 4 is 5.78 Å². The van der Waals surface area contributed by atoms with Crippen molar-refractivity contribution in [1.29, 1.82) is 0 Å². The smallest absolute Gasteiger partial charge is 0.192 e. The van der Waals surface area contributed by atoms with Crippen LogP contribution < -0.4 is 5.32 Å². The molecule has 20 heavy (non-hydrogen) atoms. The molecule has 8 heteroatoms. The lowest BCUT2D eigenvalue weighted by Gasteiger charge is -2.22. The van der Waals surface area contributed by atoms with Crippen molar-refractivity contribution in [2.45, 2.75) is 25.3 Å². The summed E-state index contributed by atoms with van der Waals surface area (Å²) in [4.78, 5) is 16.2. The number of aromatic nitrogens is 6. The van der Waals surface area contributed by atoms with Gasteiger partial charge in [0.1, 0.15) is 17.8 Å². The number of ketones is 1. The van der Waals surface area contributed by atoms with E-state index in [0.29, 0.717) is 17.6 Å². The first kappa shape index (κ1) is 12.9. The number of rotatable bonds is 4. The number of piperidine rings is 1. The lowest BCUT2D eigenvalue weighted by molar-refractivity contribution is 0.0984. The normalized spacial score (nSPS) is 16.4. The number of nitrogens with zero attached hydrogens (tertiary/aromatic N) is 6. The van der Waals surface area contributed by atoms with Gasteiger partial charge in [-0.05, 0) is 25.9 Å². The van der Waals surface area contributed by atoms with E-state index in [-0.39, 0.29) is 12.2 Å². The third kappa shape index (κ3) is 2.60. The molecule has 0 bridgehead atoms. The van der Waals surface area contributed by atoms with Crippen LogP contribution in [0.5, 0.6) is 0 Å². The Morgan fingerprint density at radius 1 is 1.45 bits per heavy atom. The monoisotopic (exact) mass is 275 g/mol. The fourth-order valence-corrected chi connectivity index (χ4v) is 2.37. The molecule has 8 nitrogen and oxygen atoms in total. The minimum atomic E-state index is -0.0821. The van der Waals surface area contributed by atoms with Crippen LogP contribution in [0.4, 0.5) is 0 Å². The largest absolute Gasteiger partial charge is 0.317 e. The van der Waals surface area contributed by atoms with E-state index in [1.165, 1.54) is 6.33 Å². The summed E-state index contributed by atoms with van der Waals surface area (Å²) in [5.41, 5.74) is 0.395. The van der Waals surface area contributed by atoms with E-state index < -0.39 is 0 Å². The van der Waals surface area contributed by atoms with Crippen molar-refractivity contribution < 1.29 is 4.79 Å². The third-order valence-electron chi connectivity index (χ3n) is 3.60. The standard InChI is InChI=1S/C12H17N7O/c1-18-12(14-8-15-18)6-11(20)10-7-19(17-16-10)9-2-4-13-5-3-9/h7-9,13H,2-6H2,1H3. The van der Waals surface area contributed by atoms with E-state index in [0.717, 1.165) is 25.9 Å². The van der Waals surface area contributed by atoms with Gasteiger partial charge < -0.3 is 5.32 Å². The second kappa shape index (κ2) is 5.49. The zero-order valence-electron chi connectivity index (χ0n) is 11.4. The molecule has 1 fully saturated rings. The summed E-state index contributed by atoms with van der Waals surface area (Å²) in [6.45, 7) is 1.96. The molecule has 106 valence electrons. The van der Waals surface area contributed by atoms with Crippen LogP contribution >= 0.6 is 0 Å². The maximum atomic E-state index is 12.2. The van der Waals surface area contributed by atoms with Crippen LogP contribution in [0.25, 0.3) is 0 Å². The van der Waals surface area contributed by atoms with Gasteiger partial charge in [0, 0.05) is 7.05 Å². The Labute approximate surface area is 116 Å². The van der Waals surface area contributed by atoms with Gasteiger partial charge in [-0.1, -0.05) is 5.21 Å². The molecule has 3 rings (SSSR count). The highest BCUT2D eigenvalue weighted by Gasteiger charge is 2.19. The van der Waals surface area contributed by atoms with Crippen LogP contribution in [0.1, 0.15) is 35.2 Å². The predicted octanol–water partition coefficient (Wildman–Crippen LogP) is -0.243. The minimum Gasteiger partial charge on any atom is -0.317 e. The van der Waals surface area contributed by atoms with E-state index in [4.69, 9.17) is 0 Å². The molecule has 0 saturated carbocycles. The summed E-state index contributed by atoms with van der Waals surface area (Å²) < 4.78 is 3.40. The van der Waals surface area contributed by atoms with Crippen LogP contribution in [-0.2, 0) is 13.5 Å². The summed E-state index contributed by atoms with van der Waals surface area (Å²) >= 11 is 0. The van der Waals surface area contributed by atoms with E-state index in [1.807, 2.05) is 4.68 Å². The Morgan fingerprint density at radius 2 is 2.25 bits per heavy atom. The number of hydrogen-bond donors (Lipinski definition) is 1. The van der Waals surface area contributed by atoms with Crippen molar-refractivity contribution in [3.63, 3.8) is 0 Å². The molecule has 2 aromatic heterocycles. The van der Waals surface area contributed by atoms with E-state index in [2.05, 4.69) is 25.7 Å². The van der Waals surface area contributed by atoms with Crippen LogP contribution in [0.2, 0.25) is 0 Å². The fraction of sp³-hybridized carbons (Fsp3) is 0.583. The van der Waals surface area contributed by atoms with Gasteiger partial charge in [-0.3, -0.25) is 9.48 Å². The maximum absolute atomic E-state index is 12.2. The summed E-state index contributed by atoms with van der Waals surface area (Å²) in [5.74, 6) is 0.549. The van der Waals surface area contributed by atoms with Gasteiger partial charge in [0.2, 0.25) is 0 Å². The van der Waals surface area contributed by atoms with Gasteiger partial charge in [0.05, 0.1) is 18.7 Å². The van der Waals surface area contributed by atoms with Gasteiger partial charge in [-0.2, -0.15) is 5.10 Å². The van der Waals surface area contributed by atoms with Gasteiger partial charge in [0.25, 0.3) is 0 Å². The fourth-order valence-electron chi connectivity index (χ4n) is 2.37. The lowest BCUT2D eigenvalue weighted by Crippen LogP contribution is -2.29. The SMILES string of the molecule is Cn1ncnc1CC(=O)c1cn(C2CCNCC2)nn1. The Bertz CT molecular complexity index is 596. The maximum Gasteiger partial charge on any atom is 0.192 e. The van der Waals surface area contributed by atoms with Crippen LogP contribution in [0, 0.1) is 0 Å². The first-order valence-corrected chi connectivity index (χ1v) is 6.72. The predicted molar refractivity (Wildman–Crippen MR) is 70.2 cm³/mol. The summed E-state index contributed by atoms with van der Waals surface area (Å²) in [5, 5.41) is 15.3. The second-order valence-electron chi connectivity index (χ2n) is 4.96. The number of carbonyl (C=O) groups excluding carboxylic acids is 1. The molecule has 3 heterocycles. The highest BCUT2D eigenvalue weighted by molar-refractivity contribution is 5.94. The van der Waals surface area contributed by atoms with Crippen LogP contribution in [-0.4, -0.2) is 48.6 Å². The average molecular weight is 275 g/mol. The summed E-state index contributed by atoms with van der Waals surface area (Å²) in [6, 6.07) is 0.333. The average Bonchev–Trinajstić information content (AvgIpc) is 3.10. The molecule has 2 aromatic rings. The molecule has 0 spiro atoms. The molecule has 0 aliphatic carbocycles. The highest BCUT2D eigenvalue weighted by atomic mass is 16.1. The summed E-state index contributed by atoms with van der Waals surface area (Å²) in [6.07, 6.45) is 5.41. The zero-order valence-corrected chi connectivity index (χ0v) is 11.4. The molecular weight excluding hydrogens is 258 g/mol. The van der Waals surface area contributed by atoms with Crippen LogP contribution in [0.15, 0.2) is 12.5 Å². The molecule has 0 radical (unpaired) electrons. The van der Waals surface area contributed by atoms with Crippen molar-refractivity contribution in [1.82, 2.24) is 35.1 Å². The number of Topliss-reactive ketones (excluding diaryl/α,β-unsaturated/α-hetero) is 1. The van der Waals surface area contributed by atoms with Crippen molar-refractivity contribution in [3.05, 3.63) is 24.0 Å². The third-order valence-corrected chi connectivity index (χ3v) is 3.60. The lowest BCUT2D eigenvalue weighted by atomic mass is 10.1. The molecule has 1 aliphatic rings. The van der Waals surface area contributed by atoms with E-state index in [1.54, 1.807) is 17.9 Å². The van der Waals surface area contributed by atoms with Crippen molar-refractivity contribution in [2.24, 2.45) is 7.05 Å². The number of carbonyl (C=O) groups is 1. The molecule has 0 unspecified atom stereocenters. The zero-order chi connectivity index (χ0) is 13.9. The first-order valence-electron chi connectivity index (χ1n) is 6.72. The van der Waals surface area contributed by atoms with Gasteiger partial charge >= 0.3 is 0 Å². The van der Waals surface area contributed by atoms with E-state index >= 15 is 0 Å². The van der Waals surface area contributed by atoms with Crippen LogP contribution in [0.3, 0.4) is 0 Å². The molecule has 0 aromatic carbocycles. The van der Waals surface area contributed by atoms with E-state index in [9.17, 15) is 4.79 Å². The van der Waals surface area contributed by atoms with Gasteiger partial charge in [-0.25, -0.2) is 9.67 Å². The Kier molecular flexibility index (Phi) is 3.55. The molecular formula is C12H17N7O. The molecule has 1 aliphatic heterocycles. The minimum absolute atomic E-state index is 0.0821.